The van der Waals surface area contributed by atoms with E-state index in [-0.39, 0.29) is 35.5 Å². The van der Waals surface area contributed by atoms with Crippen LogP contribution in [0.25, 0.3) is 0 Å². The predicted molar refractivity (Wildman–Crippen MR) is 156 cm³/mol. The number of nitrogens with zero attached hydrogens (tertiary/aromatic N) is 4. The Hall–Kier alpha value is -4.10. The summed E-state index contributed by atoms with van der Waals surface area (Å²) < 4.78 is 43.7. The number of hydrogen-bond acceptors (Lipinski definition) is 6. The Bertz CT molecular complexity index is 1630. The zero-order chi connectivity index (χ0) is 31.7. The van der Waals surface area contributed by atoms with E-state index in [4.69, 9.17) is 0 Å². The van der Waals surface area contributed by atoms with Gasteiger partial charge in [-0.3, -0.25) is 19.1 Å². The van der Waals surface area contributed by atoms with Crippen molar-refractivity contribution in [2.24, 2.45) is 7.05 Å². The van der Waals surface area contributed by atoms with Crippen LogP contribution in [-0.4, -0.2) is 69.5 Å². The van der Waals surface area contributed by atoms with Gasteiger partial charge in [-0.15, -0.1) is 0 Å². The van der Waals surface area contributed by atoms with Crippen molar-refractivity contribution in [1.82, 2.24) is 24.3 Å². The highest BCUT2D eigenvalue weighted by atomic mass is 32.2. The molecule has 2 aromatic carbocycles. The first kappa shape index (κ1) is 31.8. The number of carboxylic acid groups (broad SMARTS) is 1. The Balaban J connectivity index is 1.79. The van der Waals surface area contributed by atoms with Crippen LogP contribution in [0.4, 0.5) is 4.39 Å². The molecule has 2 unspecified atom stereocenters. The molecule has 1 aromatic heterocycles. The Morgan fingerprint density at radius 1 is 1.09 bits per heavy atom. The van der Waals surface area contributed by atoms with E-state index in [0.717, 1.165) is 39.0 Å². The molecule has 2 heterocycles. The molecule has 0 saturated carbocycles. The number of carboxylic acids is 1. The van der Waals surface area contributed by atoms with Crippen LogP contribution in [0.3, 0.4) is 0 Å². The van der Waals surface area contributed by atoms with Gasteiger partial charge in [0.25, 0.3) is 11.8 Å². The van der Waals surface area contributed by atoms with Crippen molar-refractivity contribution < 1.29 is 32.3 Å². The minimum absolute atomic E-state index is 0.0520. The lowest BCUT2D eigenvalue weighted by molar-refractivity contribution is -0.138. The van der Waals surface area contributed by atoms with Crippen LogP contribution >= 0.6 is 0 Å². The maximum atomic E-state index is 14.1. The number of nitrogens with one attached hydrogen (secondary N) is 1. The fourth-order valence-corrected chi connectivity index (χ4v) is 6.61. The van der Waals surface area contributed by atoms with Crippen molar-refractivity contribution in [2.45, 2.75) is 63.1 Å². The van der Waals surface area contributed by atoms with Crippen LogP contribution in [0.1, 0.15) is 67.0 Å². The summed E-state index contributed by atoms with van der Waals surface area (Å²) in [5.74, 6) is -3.30. The topological polar surface area (TPSA) is 142 Å². The van der Waals surface area contributed by atoms with E-state index >= 15 is 0 Å². The number of aromatic nitrogens is 2. The third-order valence-corrected chi connectivity index (χ3v) is 9.14. The molecule has 1 saturated heterocycles. The van der Waals surface area contributed by atoms with Gasteiger partial charge in [0.15, 0.2) is 6.17 Å². The van der Waals surface area contributed by atoms with Crippen molar-refractivity contribution in [3.63, 3.8) is 0 Å². The summed E-state index contributed by atoms with van der Waals surface area (Å²) in [5, 5.41) is 16.8. The van der Waals surface area contributed by atoms with Crippen molar-refractivity contribution in [3.05, 3.63) is 82.9 Å². The van der Waals surface area contributed by atoms with E-state index in [2.05, 4.69) is 10.4 Å². The van der Waals surface area contributed by atoms with Crippen LogP contribution in [0.2, 0.25) is 0 Å². The van der Waals surface area contributed by atoms with Gasteiger partial charge in [-0.2, -0.15) is 9.40 Å². The second-order valence-electron chi connectivity index (χ2n) is 11.7. The molecule has 2 atom stereocenters. The minimum Gasteiger partial charge on any atom is -0.481 e. The van der Waals surface area contributed by atoms with E-state index in [1.54, 1.807) is 31.3 Å². The Labute approximate surface area is 250 Å². The standard InChI is InChI=1S/C30H36FN5O6S/c1-19-8-6-9-20(16-19)23(17-26(37)38)32-27(39)28-35(29(40)24-18-25(30(2,3)4)33-34(24)5)14-7-15-36(28)43(41,42)22-12-10-21(31)11-13-22/h6,8-13,16,18,23,28H,7,14-15,17H2,1-5H3,(H,32,39)(H,37,38). The van der Waals surface area contributed by atoms with Gasteiger partial charge in [-0.05, 0) is 49.2 Å². The van der Waals surface area contributed by atoms with Crippen molar-refractivity contribution in [1.29, 1.82) is 0 Å². The number of amides is 2. The summed E-state index contributed by atoms with van der Waals surface area (Å²) in [7, 11) is -2.81. The lowest BCUT2D eigenvalue weighted by Crippen LogP contribution is -2.63. The number of carbonyl (C=O) groups excluding carboxylic acids is 2. The lowest BCUT2D eigenvalue weighted by Gasteiger charge is -2.42. The lowest BCUT2D eigenvalue weighted by atomic mass is 9.92. The third-order valence-electron chi connectivity index (χ3n) is 7.27. The van der Waals surface area contributed by atoms with Gasteiger partial charge in [0.2, 0.25) is 10.0 Å². The number of carbonyl (C=O) groups is 3. The number of aryl methyl sites for hydroxylation is 2. The molecule has 3 aromatic rings. The molecular weight excluding hydrogens is 577 g/mol. The van der Waals surface area contributed by atoms with Gasteiger partial charge in [0, 0.05) is 25.6 Å². The first-order valence-electron chi connectivity index (χ1n) is 13.8. The Kier molecular flexibility index (Phi) is 9.07. The van der Waals surface area contributed by atoms with Crippen LogP contribution < -0.4 is 5.32 Å². The quantitative estimate of drug-likeness (QED) is 0.397. The highest BCUT2D eigenvalue weighted by Gasteiger charge is 2.45. The molecule has 1 aliphatic heterocycles. The summed E-state index contributed by atoms with van der Waals surface area (Å²) in [5.41, 5.74) is 1.75. The second-order valence-corrected chi connectivity index (χ2v) is 13.5. The third kappa shape index (κ3) is 6.94. The van der Waals surface area contributed by atoms with Crippen LogP contribution in [0.15, 0.2) is 59.5 Å². The minimum atomic E-state index is -4.41. The highest BCUT2D eigenvalue weighted by molar-refractivity contribution is 7.89. The SMILES string of the molecule is Cc1cccc(C(CC(=O)O)NC(=O)C2N(C(=O)c3cc(C(C)(C)C)nn3C)CCCN2S(=O)(=O)c2ccc(F)cc2)c1. The number of rotatable bonds is 8. The number of halogens is 1. The fraction of sp³-hybridized carbons (Fsp3) is 0.400. The molecule has 11 nitrogen and oxygen atoms in total. The van der Waals surface area contributed by atoms with Gasteiger partial charge < -0.3 is 15.3 Å². The first-order valence-corrected chi connectivity index (χ1v) is 15.2. The fourth-order valence-electron chi connectivity index (χ4n) is 5.02. The van der Waals surface area contributed by atoms with Gasteiger partial charge in [-0.1, -0.05) is 50.6 Å². The van der Waals surface area contributed by atoms with E-state index in [1.165, 1.54) is 4.68 Å². The molecule has 0 bridgehead atoms. The van der Waals surface area contributed by atoms with Gasteiger partial charge in [0.05, 0.1) is 23.1 Å². The summed E-state index contributed by atoms with van der Waals surface area (Å²) >= 11 is 0. The maximum absolute atomic E-state index is 14.1. The van der Waals surface area contributed by atoms with Gasteiger partial charge in [-0.25, -0.2) is 12.8 Å². The van der Waals surface area contributed by atoms with Crippen molar-refractivity contribution >= 4 is 27.8 Å². The molecular formula is C30H36FN5O6S. The summed E-state index contributed by atoms with van der Waals surface area (Å²) in [6, 6.07) is 11.7. The molecule has 43 heavy (non-hydrogen) atoms. The second kappa shape index (κ2) is 12.3. The van der Waals surface area contributed by atoms with E-state index < -0.39 is 52.3 Å². The molecule has 0 radical (unpaired) electrons. The van der Waals surface area contributed by atoms with E-state index in [0.29, 0.717) is 11.3 Å². The van der Waals surface area contributed by atoms with Crippen LogP contribution in [0.5, 0.6) is 0 Å². The van der Waals surface area contributed by atoms with E-state index in [1.807, 2.05) is 33.8 Å². The summed E-state index contributed by atoms with van der Waals surface area (Å²) in [6.07, 6.45) is -1.92. The highest BCUT2D eigenvalue weighted by Crippen LogP contribution is 2.29. The Morgan fingerprint density at radius 3 is 2.35 bits per heavy atom. The van der Waals surface area contributed by atoms with Crippen LogP contribution in [-0.2, 0) is 32.1 Å². The molecule has 230 valence electrons. The van der Waals surface area contributed by atoms with Crippen molar-refractivity contribution in [3.8, 4) is 0 Å². The zero-order valence-electron chi connectivity index (χ0n) is 24.7. The predicted octanol–water partition coefficient (Wildman–Crippen LogP) is 3.36. The average molecular weight is 614 g/mol. The number of aliphatic carboxylic acids is 1. The molecule has 0 aliphatic carbocycles. The first-order chi connectivity index (χ1) is 20.1. The maximum Gasteiger partial charge on any atom is 0.305 e. The van der Waals surface area contributed by atoms with Crippen molar-refractivity contribution in [2.75, 3.05) is 13.1 Å². The number of sulfonamides is 1. The molecule has 0 spiro atoms. The van der Waals surface area contributed by atoms with Gasteiger partial charge >= 0.3 is 5.97 Å². The zero-order valence-corrected chi connectivity index (χ0v) is 25.6. The summed E-state index contributed by atoms with van der Waals surface area (Å²) in [4.78, 5) is 40.8. The number of benzene rings is 2. The molecule has 2 N–H and O–H groups in total. The number of hydrogen-bond donors (Lipinski definition) is 2. The van der Waals surface area contributed by atoms with E-state index in [9.17, 15) is 32.3 Å². The monoisotopic (exact) mass is 613 g/mol. The van der Waals surface area contributed by atoms with Crippen LogP contribution in [0, 0.1) is 12.7 Å². The molecule has 1 fully saturated rings. The van der Waals surface area contributed by atoms with Gasteiger partial charge in [0.1, 0.15) is 11.5 Å². The largest absolute Gasteiger partial charge is 0.481 e. The normalized spacial score (nSPS) is 17.0. The Morgan fingerprint density at radius 2 is 1.77 bits per heavy atom. The average Bonchev–Trinajstić information content (AvgIpc) is 3.34. The summed E-state index contributed by atoms with van der Waals surface area (Å²) in [6.45, 7) is 7.58. The molecule has 1 aliphatic rings. The molecule has 2 amide bonds. The molecule has 4 rings (SSSR count). The molecule has 13 heteroatoms. The smallest absolute Gasteiger partial charge is 0.305 e.